The van der Waals surface area contributed by atoms with Gasteiger partial charge in [0.2, 0.25) is 0 Å². The van der Waals surface area contributed by atoms with Crippen molar-refractivity contribution < 1.29 is 14.4 Å². The van der Waals surface area contributed by atoms with Crippen LogP contribution >= 0.6 is 11.8 Å². The van der Waals surface area contributed by atoms with E-state index in [1.165, 1.54) is 0 Å². The van der Waals surface area contributed by atoms with E-state index in [9.17, 15) is 14.4 Å². The van der Waals surface area contributed by atoms with Crippen LogP contribution < -0.4 is 5.32 Å². The van der Waals surface area contributed by atoms with Gasteiger partial charge in [0.05, 0.1) is 0 Å². The minimum absolute atomic E-state index is 0.390. The van der Waals surface area contributed by atoms with Crippen molar-refractivity contribution in [2.45, 2.75) is 0 Å². The number of carbonyl (C=O) groups is 3. The molecule has 0 aromatic carbocycles. The molecule has 8 heavy (non-hydrogen) atoms. The molecule has 1 rings (SSSR count). The number of hydrogen-bond acceptors (Lipinski definition) is 4. The Labute approximate surface area is 48.6 Å². The number of rotatable bonds is 0. The quantitative estimate of drug-likeness (QED) is 0.450. The van der Waals surface area contributed by atoms with E-state index in [1.807, 2.05) is 0 Å². The van der Waals surface area contributed by atoms with Crippen LogP contribution in [0, 0.1) is 0 Å². The van der Waals surface area contributed by atoms with Crippen molar-refractivity contribution in [1.82, 2.24) is 5.32 Å². The van der Waals surface area contributed by atoms with Crippen LogP contribution in [0.2, 0.25) is 0 Å². The molecular formula is C3HNO3S. The molecule has 0 unspecified atom stereocenters. The fourth-order valence-electron chi connectivity index (χ4n) is 0.300. The van der Waals surface area contributed by atoms with E-state index < -0.39 is 16.3 Å². The minimum atomic E-state index is -0.819. The van der Waals surface area contributed by atoms with Crippen molar-refractivity contribution in [3.05, 3.63) is 0 Å². The van der Waals surface area contributed by atoms with Gasteiger partial charge in [-0.15, -0.1) is 0 Å². The summed E-state index contributed by atoms with van der Waals surface area (Å²) in [7, 11) is 0. The molecule has 1 N–H and O–H groups in total. The maximum atomic E-state index is 10.1. The Hall–Kier alpha value is -0.840. The predicted octanol–water partition coefficient (Wildman–Crippen LogP) is -0.504. The molecule has 1 fully saturated rings. The number of imide groups is 1. The maximum Gasteiger partial charge on any atom is 0.306 e. The summed E-state index contributed by atoms with van der Waals surface area (Å²) in [5.74, 6) is -0.819. The van der Waals surface area contributed by atoms with E-state index in [2.05, 4.69) is 0 Å². The highest BCUT2D eigenvalue weighted by atomic mass is 32.2. The smallest absolute Gasteiger partial charge is 0.279 e. The molecular weight excluding hydrogens is 130 g/mol. The summed E-state index contributed by atoms with van der Waals surface area (Å²) in [6, 6.07) is 0. The van der Waals surface area contributed by atoms with Crippen LogP contribution in [0.1, 0.15) is 0 Å². The summed E-state index contributed by atoms with van der Waals surface area (Å²) in [4.78, 5) is 30.3. The first-order valence-corrected chi connectivity index (χ1v) is 2.59. The molecule has 4 nitrogen and oxygen atoms in total. The van der Waals surface area contributed by atoms with Crippen molar-refractivity contribution in [2.24, 2.45) is 0 Å². The highest BCUT2D eigenvalue weighted by Crippen LogP contribution is 2.09. The van der Waals surface area contributed by atoms with E-state index >= 15 is 0 Å². The summed E-state index contributed by atoms with van der Waals surface area (Å²) in [5, 5.41) is 0.492. The molecule has 0 bridgehead atoms. The first-order chi connectivity index (χ1) is 3.70. The fraction of sp³-hybridized carbons (Fsp3) is 0. The van der Waals surface area contributed by atoms with Crippen molar-refractivity contribution >= 4 is 28.0 Å². The molecule has 1 heterocycles. The zero-order valence-corrected chi connectivity index (χ0v) is 4.45. The third-order valence-corrected chi connectivity index (χ3v) is 1.24. The standard InChI is InChI=1S/C3HNO3S/c5-1-2(6)8-3(7)4-1/h(H,4,5,7). The van der Waals surface area contributed by atoms with Crippen LogP contribution in [-0.2, 0) is 9.59 Å². The maximum absolute atomic E-state index is 10.1. The molecule has 0 aromatic heterocycles. The fourth-order valence-corrected chi connectivity index (χ4v) is 0.756. The molecule has 1 aliphatic rings. The van der Waals surface area contributed by atoms with Crippen LogP contribution in [0.3, 0.4) is 0 Å². The molecule has 1 saturated heterocycles. The molecule has 1 aliphatic heterocycles. The Morgan fingerprint density at radius 1 is 1.25 bits per heavy atom. The van der Waals surface area contributed by atoms with Gasteiger partial charge >= 0.3 is 5.91 Å². The van der Waals surface area contributed by atoms with Crippen molar-refractivity contribution in [3.63, 3.8) is 0 Å². The van der Waals surface area contributed by atoms with E-state index in [4.69, 9.17) is 0 Å². The van der Waals surface area contributed by atoms with Gasteiger partial charge in [0, 0.05) is 11.8 Å². The lowest BCUT2D eigenvalue weighted by molar-refractivity contribution is -0.131. The van der Waals surface area contributed by atoms with Gasteiger partial charge in [-0.3, -0.25) is 19.7 Å². The van der Waals surface area contributed by atoms with E-state index in [1.54, 1.807) is 5.32 Å². The predicted molar refractivity (Wildman–Crippen MR) is 26.1 cm³/mol. The average Bonchev–Trinajstić information content (AvgIpc) is 1.85. The Kier molecular flexibility index (Phi) is 1.05. The van der Waals surface area contributed by atoms with E-state index in [0.717, 1.165) is 0 Å². The van der Waals surface area contributed by atoms with Gasteiger partial charge in [0.1, 0.15) is 0 Å². The second kappa shape index (κ2) is 1.59. The van der Waals surface area contributed by atoms with Crippen molar-refractivity contribution in [2.75, 3.05) is 0 Å². The van der Waals surface area contributed by atoms with Gasteiger partial charge in [0.15, 0.2) is 0 Å². The molecule has 0 atom stereocenters. The Balaban J connectivity index is 2.79. The molecule has 2 amide bonds. The molecule has 5 heteroatoms. The van der Waals surface area contributed by atoms with Crippen molar-refractivity contribution in [1.29, 1.82) is 0 Å². The zero-order chi connectivity index (χ0) is 6.15. The highest BCUT2D eigenvalue weighted by Gasteiger charge is 2.28. The Morgan fingerprint density at radius 3 is 2.00 bits per heavy atom. The van der Waals surface area contributed by atoms with Crippen LogP contribution in [-0.4, -0.2) is 16.3 Å². The number of carbonyl (C=O) groups excluding carboxylic acids is 3. The summed E-state index contributed by atoms with van der Waals surface area (Å²) in [5.41, 5.74) is 0. The summed E-state index contributed by atoms with van der Waals surface area (Å²) in [6.45, 7) is 0. The monoisotopic (exact) mass is 131 g/mol. The highest BCUT2D eigenvalue weighted by molar-refractivity contribution is 8.28. The molecule has 0 aliphatic carbocycles. The lowest BCUT2D eigenvalue weighted by atomic mass is 10.7. The number of amides is 2. The molecule has 42 valence electrons. The molecule has 0 saturated carbocycles. The second-order valence-electron chi connectivity index (χ2n) is 1.13. The van der Waals surface area contributed by atoms with Gasteiger partial charge in [-0.05, 0) is 0 Å². The third kappa shape index (κ3) is 0.717. The van der Waals surface area contributed by atoms with Crippen LogP contribution in [0.25, 0.3) is 0 Å². The first-order valence-electron chi connectivity index (χ1n) is 1.77. The van der Waals surface area contributed by atoms with Gasteiger partial charge in [0.25, 0.3) is 10.4 Å². The molecule has 0 radical (unpaired) electrons. The number of hydrogen-bond donors (Lipinski definition) is 1. The number of nitrogens with one attached hydrogen (secondary N) is 1. The molecule has 0 spiro atoms. The van der Waals surface area contributed by atoms with Crippen molar-refractivity contribution in [3.8, 4) is 0 Å². The minimum Gasteiger partial charge on any atom is -0.279 e. The summed E-state index contributed by atoms with van der Waals surface area (Å²) >= 11 is 0.390. The topological polar surface area (TPSA) is 63.2 Å². The van der Waals surface area contributed by atoms with Gasteiger partial charge in [-0.1, -0.05) is 0 Å². The second-order valence-corrected chi connectivity index (χ2v) is 2.08. The lowest BCUT2D eigenvalue weighted by Gasteiger charge is -1.75. The van der Waals surface area contributed by atoms with Crippen LogP contribution in [0.4, 0.5) is 4.79 Å². The van der Waals surface area contributed by atoms with Gasteiger partial charge in [-0.25, -0.2) is 0 Å². The Morgan fingerprint density at radius 2 is 1.88 bits per heavy atom. The van der Waals surface area contributed by atoms with E-state index in [-0.39, 0.29) is 0 Å². The van der Waals surface area contributed by atoms with Crippen LogP contribution in [0.15, 0.2) is 0 Å². The van der Waals surface area contributed by atoms with E-state index in [0.29, 0.717) is 11.8 Å². The summed E-state index contributed by atoms with van der Waals surface area (Å²) in [6.07, 6.45) is 0. The van der Waals surface area contributed by atoms with Crippen LogP contribution in [0.5, 0.6) is 0 Å². The normalized spacial score (nSPS) is 19.2. The third-order valence-electron chi connectivity index (χ3n) is 0.586. The average molecular weight is 131 g/mol. The SMILES string of the molecule is O=C1NC(=O)C(=O)S1. The Bertz CT molecular complexity index is 157. The lowest BCUT2D eigenvalue weighted by Crippen LogP contribution is -2.20. The molecule has 0 aromatic rings. The first kappa shape index (κ1) is 5.30. The number of thioether (sulfide) groups is 1. The zero-order valence-electron chi connectivity index (χ0n) is 3.63. The largest absolute Gasteiger partial charge is 0.306 e. The van der Waals surface area contributed by atoms with Gasteiger partial charge < -0.3 is 0 Å². The summed E-state index contributed by atoms with van der Waals surface area (Å²) < 4.78 is 0. The van der Waals surface area contributed by atoms with Gasteiger partial charge in [-0.2, -0.15) is 0 Å².